The van der Waals surface area contributed by atoms with Crippen LogP contribution in [0.2, 0.25) is 0 Å². The summed E-state index contributed by atoms with van der Waals surface area (Å²) in [5.41, 5.74) is 1.61. The van der Waals surface area contributed by atoms with Gasteiger partial charge in [-0.15, -0.1) is 0 Å². The number of hydrogen-bond donors (Lipinski definition) is 2. The van der Waals surface area contributed by atoms with E-state index < -0.39 is 0 Å². The second-order valence-corrected chi connectivity index (χ2v) is 6.53. The van der Waals surface area contributed by atoms with Gasteiger partial charge in [-0.2, -0.15) is 5.10 Å². The van der Waals surface area contributed by atoms with Gasteiger partial charge in [0, 0.05) is 37.6 Å². The Bertz CT molecular complexity index is 705. The minimum Gasteiger partial charge on any atom is -0.391 e. The van der Waals surface area contributed by atoms with E-state index in [1.165, 1.54) is 0 Å². The number of benzene rings is 1. The predicted molar refractivity (Wildman–Crippen MR) is 87.2 cm³/mol. The van der Waals surface area contributed by atoms with E-state index in [4.69, 9.17) is 0 Å². The van der Waals surface area contributed by atoms with E-state index >= 15 is 0 Å². The average Bonchev–Trinajstić information content (AvgIpc) is 3.22. The fraction of sp³-hybridized carbons (Fsp3) is 0.529. The Morgan fingerprint density at radius 1 is 1.22 bits per heavy atom. The number of hydrogen-bond acceptors (Lipinski definition) is 4. The fourth-order valence-corrected chi connectivity index (χ4v) is 3.93. The van der Waals surface area contributed by atoms with Gasteiger partial charge in [-0.05, 0) is 31.4 Å². The number of nitrogens with zero attached hydrogens (tertiary/aromatic N) is 3. The molecule has 1 aromatic heterocycles. The van der Waals surface area contributed by atoms with Crippen LogP contribution in [-0.2, 0) is 0 Å². The number of carbonyl (C=O) groups is 1. The van der Waals surface area contributed by atoms with Crippen molar-refractivity contribution in [3.8, 4) is 0 Å². The van der Waals surface area contributed by atoms with E-state index in [0.717, 1.165) is 56.3 Å². The number of aromatic amines is 1. The topological polar surface area (TPSA) is 72.5 Å². The smallest absolute Gasteiger partial charge is 0.254 e. The van der Waals surface area contributed by atoms with E-state index in [-0.39, 0.29) is 18.1 Å². The van der Waals surface area contributed by atoms with Crippen molar-refractivity contribution < 1.29 is 9.90 Å². The van der Waals surface area contributed by atoms with Crippen molar-refractivity contribution in [1.29, 1.82) is 0 Å². The van der Waals surface area contributed by atoms with E-state index in [0.29, 0.717) is 5.56 Å². The lowest BCUT2D eigenvalue weighted by Gasteiger charge is -2.39. The van der Waals surface area contributed by atoms with E-state index in [1.54, 1.807) is 6.20 Å². The van der Waals surface area contributed by atoms with Gasteiger partial charge in [0.15, 0.2) is 0 Å². The number of nitrogens with one attached hydrogen (secondary N) is 1. The second kappa shape index (κ2) is 5.94. The number of piperazine rings is 1. The average molecular weight is 314 g/mol. The number of H-pyrrole nitrogens is 1. The molecule has 2 atom stereocenters. The van der Waals surface area contributed by atoms with E-state index in [1.807, 2.05) is 23.1 Å². The minimum absolute atomic E-state index is 0.0728. The predicted octanol–water partition coefficient (Wildman–Crippen LogP) is 1.23. The monoisotopic (exact) mass is 314 g/mol. The van der Waals surface area contributed by atoms with Crippen LogP contribution in [0.3, 0.4) is 0 Å². The molecule has 1 saturated heterocycles. The summed E-state index contributed by atoms with van der Waals surface area (Å²) in [5, 5.41) is 17.9. The van der Waals surface area contributed by atoms with Crippen molar-refractivity contribution in [3.63, 3.8) is 0 Å². The number of aliphatic hydroxyl groups is 1. The lowest BCUT2D eigenvalue weighted by molar-refractivity contribution is 0.0316. The minimum atomic E-state index is -0.197. The Kier molecular flexibility index (Phi) is 3.79. The summed E-state index contributed by atoms with van der Waals surface area (Å²) in [6.45, 7) is 3.12. The number of fused-ring (bicyclic) bond motifs is 1. The normalized spacial score (nSPS) is 26.0. The molecule has 1 aliphatic heterocycles. The highest BCUT2D eigenvalue weighted by molar-refractivity contribution is 6.06. The molecule has 1 amide bonds. The van der Waals surface area contributed by atoms with Crippen molar-refractivity contribution in [3.05, 3.63) is 30.0 Å². The number of aromatic nitrogens is 2. The zero-order valence-electron chi connectivity index (χ0n) is 13.1. The van der Waals surface area contributed by atoms with Crippen molar-refractivity contribution >= 4 is 16.8 Å². The molecule has 0 radical (unpaired) electrons. The van der Waals surface area contributed by atoms with Gasteiger partial charge in [-0.25, -0.2) is 0 Å². The number of amides is 1. The lowest BCUT2D eigenvalue weighted by atomic mass is 10.1. The Balaban J connectivity index is 1.46. The lowest BCUT2D eigenvalue weighted by Crippen LogP contribution is -2.53. The molecule has 2 unspecified atom stereocenters. The van der Waals surface area contributed by atoms with Crippen LogP contribution in [0.1, 0.15) is 29.6 Å². The van der Waals surface area contributed by atoms with Gasteiger partial charge < -0.3 is 10.0 Å². The van der Waals surface area contributed by atoms with Gasteiger partial charge in [0.25, 0.3) is 5.91 Å². The highest BCUT2D eigenvalue weighted by Gasteiger charge is 2.33. The molecule has 1 aliphatic carbocycles. The van der Waals surface area contributed by atoms with Gasteiger partial charge in [-0.1, -0.05) is 6.07 Å². The molecule has 1 aromatic carbocycles. The summed E-state index contributed by atoms with van der Waals surface area (Å²) < 4.78 is 0. The quantitative estimate of drug-likeness (QED) is 0.874. The molecule has 2 N–H and O–H groups in total. The first-order chi connectivity index (χ1) is 11.2. The molecule has 23 heavy (non-hydrogen) atoms. The third-order valence-electron chi connectivity index (χ3n) is 5.23. The summed E-state index contributed by atoms with van der Waals surface area (Å²) in [5.74, 6) is 0.0728. The first-order valence-electron chi connectivity index (χ1n) is 8.37. The first kappa shape index (κ1) is 14.7. The zero-order chi connectivity index (χ0) is 15.8. The van der Waals surface area contributed by atoms with Gasteiger partial charge in [0.2, 0.25) is 0 Å². The summed E-state index contributed by atoms with van der Waals surface area (Å²) in [7, 11) is 0. The molecule has 1 saturated carbocycles. The third kappa shape index (κ3) is 2.62. The van der Waals surface area contributed by atoms with Gasteiger partial charge in [0.1, 0.15) is 0 Å². The molecule has 0 spiro atoms. The number of carbonyl (C=O) groups excluding carboxylic acids is 1. The van der Waals surface area contributed by atoms with Crippen LogP contribution in [0.15, 0.2) is 24.4 Å². The SMILES string of the molecule is O=C(c1cccc2[nH]ncc12)N1CCN(C2CCCC2O)CC1. The van der Waals surface area contributed by atoms with Crippen LogP contribution in [-0.4, -0.2) is 69.3 Å². The van der Waals surface area contributed by atoms with Crippen LogP contribution in [0.4, 0.5) is 0 Å². The molecule has 122 valence electrons. The Labute approximate surface area is 135 Å². The molecule has 6 heteroatoms. The maximum atomic E-state index is 12.8. The van der Waals surface area contributed by atoms with Crippen LogP contribution < -0.4 is 0 Å². The van der Waals surface area contributed by atoms with E-state index in [2.05, 4.69) is 15.1 Å². The molecule has 0 bridgehead atoms. The van der Waals surface area contributed by atoms with Gasteiger partial charge in [0.05, 0.1) is 23.4 Å². The molecule has 2 aliphatic rings. The standard InChI is InChI=1S/C17H22N4O2/c22-16-6-2-5-15(16)20-7-9-21(10-8-20)17(23)12-3-1-4-14-13(12)11-18-19-14/h1,3-4,11,15-16,22H,2,5-10H2,(H,18,19). The van der Waals surface area contributed by atoms with Crippen molar-refractivity contribution in [1.82, 2.24) is 20.0 Å². The molecule has 2 aromatic rings. The number of rotatable bonds is 2. The first-order valence-corrected chi connectivity index (χ1v) is 8.37. The maximum absolute atomic E-state index is 12.8. The second-order valence-electron chi connectivity index (χ2n) is 6.53. The van der Waals surface area contributed by atoms with Crippen molar-refractivity contribution in [2.24, 2.45) is 0 Å². The molecule has 2 fully saturated rings. The van der Waals surface area contributed by atoms with Gasteiger partial charge >= 0.3 is 0 Å². The van der Waals surface area contributed by atoms with Crippen molar-refractivity contribution in [2.75, 3.05) is 26.2 Å². The summed E-state index contributed by atoms with van der Waals surface area (Å²) >= 11 is 0. The molecular weight excluding hydrogens is 292 g/mol. The Morgan fingerprint density at radius 3 is 2.78 bits per heavy atom. The zero-order valence-corrected chi connectivity index (χ0v) is 13.1. The van der Waals surface area contributed by atoms with Crippen LogP contribution >= 0.6 is 0 Å². The molecular formula is C17H22N4O2. The van der Waals surface area contributed by atoms with Crippen molar-refractivity contribution in [2.45, 2.75) is 31.4 Å². The van der Waals surface area contributed by atoms with Crippen LogP contribution in [0, 0.1) is 0 Å². The molecule has 2 heterocycles. The summed E-state index contributed by atoms with van der Waals surface area (Å²) in [4.78, 5) is 17.1. The van der Waals surface area contributed by atoms with Crippen LogP contribution in [0.5, 0.6) is 0 Å². The van der Waals surface area contributed by atoms with Crippen LogP contribution in [0.25, 0.3) is 10.9 Å². The fourth-order valence-electron chi connectivity index (χ4n) is 3.93. The Hall–Kier alpha value is -1.92. The summed E-state index contributed by atoms with van der Waals surface area (Å²) in [6.07, 6.45) is 4.61. The highest BCUT2D eigenvalue weighted by atomic mass is 16.3. The molecule has 6 nitrogen and oxygen atoms in total. The maximum Gasteiger partial charge on any atom is 0.254 e. The number of aliphatic hydroxyl groups excluding tert-OH is 1. The largest absolute Gasteiger partial charge is 0.391 e. The van der Waals surface area contributed by atoms with Gasteiger partial charge in [-0.3, -0.25) is 14.8 Å². The van der Waals surface area contributed by atoms with E-state index in [9.17, 15) is 9.90 Å². The highest BCUT2D eigenvalue weighted by Crippen LogP contribution is 2.26. The molecule has 4 rings (SSSR count). The summed E-state index contributed by atoms with van der Waals surface area (Å²) in [6, 6.07) is 5.97. The Morgan fingerprint density at radius 2 is 2.04 bits per heavy atom. The third-order valence-corrected chi connectivity index (χ3v) is 5.23.